The molecule has 17 heavy (non-hydrogen) atoms. The zero-order valence-electron chi connectivity index (χ0n) is 9.57. The molecule has 0 heterocycles. The summed E-state index contributed by atoms with van der Waals surface area (Å²) in [5, 5.41) is 13.3. The van der Waals surface area contributed by atoms with Gasteiger partial charge in [-0.15, -0.1) is 0 Å². The molecule has 0 aliphatic carbocycles. The first-order valence-electron chi connectivity index (χ1n) is 5.44. The Bertz CT molecular complexity index is 525. The molecule has 3 heteroatoms. The van der Waals surface area contributed by atoms with Crippen LogP contribution >= 0.6 is 11.6 Å². The van der Waals surface area contributed by atoms with Crippen LogP contribution in [-0.2, 0) is 6.54 Å². The number of anilines is 1. The molecule has 2 aromatic carbocycles. The number of hydrogen-bond acceptors (Lipinski definition) is 2. The highest BCUT2D eigenvalue weighted by molar-refractivity contribution is 6.32. The molecule has 2 rings (SSSR count). The van der Waals surface area contributed by atoms with Gasteiger partial charge in [0.2, 0.25) is 0 Å². The molecule has 0 atom stereocenters. The number of para-hydroxylation sites is 1. The normalized spacial score (nSPS) is 10.2. The second-order valence-electron chi connectivity index (χ2n) is 3.98. The number of nitrogens with one attached hydrogen (secondary N) is 1. The van der Waals surface area contributed by atoms with Gasteiger partial charge in [0.05, 0.1) is 10.7 Å². The Kier molecular flexibility index (Phi) is 3.55. The summed E-state index contributed by atoms with van der Waals surface area (Å²) in [6, 6.07) is 13.5. The number of phenols is 1. The Morgan fingerprint density at radius 2 is 1.94 bits per heavy atom. The predicted octanol–water partition coefficient (Wildman–Crippen LogP) is 3.97. The third kappa shape index (κ3) is 2.92. The lowest BCUT2D eigenvalue weighted by Gasteiger charge is -2.09. The van der Waals surface area contributed by atoms with Crippen molar-refractivity contribution in [2.75, 3.05) is 5.32 Å². The van der Waals surface area contributed by atoms with Gasteiger partial charge in [0, 0.05) is 6.54 Å². The Hall–Kier alpha value is -1.67. The maximum Gasteiger partial charge on any atom is 0.157 e. The van der Waals surface area contributed by atoms with Gasteiger partial charge in [-0.3, -0.25) is 0 Å². The van der Waals surface area contributed by atoms with Crippen molar-refractivity contribution < 1.29 is 5.11 Å². The standard InChI is InChI=1S/C14H14ClNO/c1-10-4-2-5-11(8-10)9-16-13-7-3-6-12(15)14(13)17/h2-8,16-17H,9H2,1H3. The summed E-state index contributed by atoms with van der Waals surface area (Å²) in [6.45, 7) is 2.72. The van der Waals surface area contributed by atoms with Crippen LogP contribution < -0.4 is 5.32 Å². The molecule has 2 nitrogen and oxygen atoms in total. The summed E-state index contributed by atoms with van der Waals surface area (Å²) < 4.78 is 0. The fraction of sp³-hybridized carbons (Fsp3) is 0.143. The summed E-state index contributed by atoms with van der Waals surface area (Å²) >= 11 is 5.83. The molecule has 0 aliphatic heterocycles. The van der Waals surface area contributed by atoms with Gasteiger partial charge in [-0.1, -0.05) is 47.5 Å². The maximum absolute atomic E-state index is 9.74. The molecule has 0 aromatic heterocycles. The molecule has 0 saturated carbocycles. The minimum absolute atomic E-state index is 0.0989. The van der Waals surface area contributed by atoms with E-state index in [1.165, 1.54) is 11.1 Å². The molecule has 0 spiro atoms. The van der Waals surface area contributed by atoms with Gasteiger partial charge in [-0.25, -0.2) is 0 Å². The van der Waals surface area contributed by atoms with Crippen LogP contribution in [0.25, 0.3) is 0 Å². The van der Waals surface area contributed by atoms with Crippen molar-refractivity contribution in [2.24, 2.45) is 0 Å². The first-order chi connectivity index (χ1) is 8.16. The molecular weight excluding hydrogens is 234 g/mol. The molecule has 0 fully saturated rings. The minimum Gasteiger partial charge on any atom is -0.504 e. The highest BCUT2D eigenvalue weighted by Crippen LogP contribution is 2.31. The molecular formula is C14H14ClNO. The van der Waals surface area contributed by atoms with E-state index in [2.05, 4.69) is 24.4 Å². The molecule has 88 valence electrons. The van der Waals surface area contributed by atoms with Crippen molar-refractivity contribution in [2.45, 2.75) is 13.5 Å². The van der Waals surface area contributed by atoms with E-state index < -0.39 is 0 Å². The molecule has 0 bridgehead atoms. The Morgan fingerprint density at radius 3 is 2.71 bits per heavy atom. The summed E-state index contributed by atoms with van der Waals surface area (Å²) in [4.78, 5) is 0. The van der Waals surface area contributed by atoms with Crippen molar-refractivity contribution in [3.8, 4) is 5.75 Å². The van der Waals surface area contributed by atoms with Crippen molar-refractivity contribution in [1.29, 1.82) is 0 Å². The molecule has 2 N–H and O–H groups in total. The van der Waals surface area contributed by atoms with E-state index in [1.807, 2.05) is 12.1 Å². The van der Waals surface area contributed by atoms with Crippen LogP contribution in [0.5, 0.6) is 5.75 Å². The van der Waals surface area contributed by atoms with Crippen molar-refractivity contribution in [1.82, 2.24) is 0 Å². The number of benzene rings is 2. The number of halogens is 1. The summed E-state index contributed by atoms with van der Waals surface area (Å²) in [5.74, 6) is 0.0989. The summed E-state index contributed by atoms with van der Waals surface area (Å²) in [5.41, 5.74) is 3.04. The first-order valence-corrected chi connectivity index (χ1v) is 5.81. The smallest absolute Gasteiger partial charge is 0.157 e. The van der Waals surface area contributed by atoms with Gasteiger partial charge >= 0.3 is 0 Å². The predicted molar refractivity (Wildman–Crippen MR) is 71.6 cm³/mol. The fourth-order valence-electron chi connectivity index (χ4n) is 1.68. The monoisotopic (exact) mass is 247 g/mol. The molecule has 0 radical (unpaired) electrons. The van der Waals surface area contributed by atoms with E-state index in [9.17, 15) is 5.11 Å². The van der Waals surface area contributed by atoms with Gasteiger partial charge < -0.3 is 10.4 Å². The van der Waals surface area contributed by atoms with Crippen LogP contribution in [0, 0.1) is 6.92 Å². The molecule has 0 amide bonds. The third-order valence-corrected chi connectivity index (χ3v) is 2.86. The Labute approximate surface area is 106 Å². The number of hydrogen-bond donors (Lipinski definition) is 2. The van der Waals surface area contributed by atoms with Crippen molar-refractivity contribution in [3.05, 3.63) is 58.6 Å². The van der Waals surface area contributed by atoms with Crippen LogP contribution in [0.3, 0.4) is 0 Å². The lowest BCUT2D eigenvalue weighted by molar-refractivity contribution is 0.477. The Morgan fingerprint density at radius 1 is 1.18 bits per heavy atom. The average molecular weight is 248 g/mol. The maximum atomic E-state index is 9.74. The summed E-state index contributed by atoms with van der Waals surface area (Å²) in [6.07, 6.45) is 0. The Balaban J connectivity index is 2.10. The van der Waals surface area contributed by atoms with Crippen LogP contribution in [0.4, 0.5) is 5.69 Å². The number of rotatable bonds is 3. The summed E-state index contributed by atoms with van der Waals surface area (Å²) in [7, 11) is 0. The van der Waals surface area contributed by atoms with E-state index >= 15 is 0 Å². The highest BCUT2D eigenvalue weighted by Gasteiger charge is 2.04. The quantitative estimate of drug-likeness (QED) is 0.805. The lowest BCUT2D eigenvalue weighted by Crippen LogP contribution is -1.99. The molecule has 2 aromatic rings. The lowest BCUT2D eigenvalue weighted by atomic mass is 10.1. The SMILES string of the molecule is Cc1cccc(CNc2cccc(Cl)c2O)c1. The zero-order valence-corrected chi connectivity index (χ0v) is 10.3. The van der Waals surface area contributed by atoms with Gasteiger partial charge in [-0.2, -0.15) is 0 Å². The van der Waals surface area contributed by atoms with Gasteiger partial charge in [0.25, 0.3) is 0 Å². The van der Waals surface area contributed by atoms with Crippen LogP contribution in [0.1, 0.15) is 11.1 Å². The van der Waals surface area contributed by atoms with Crippen LogP contribution in [-0.4, -0.2) is 5.11 Å². The van der Waals surface area contributed by atoms with E-state index in [0.717, 1.165) is 0 Å². The first kappa shape index (κ1) is 11.8. The topological polar surface area (TPSA) is 32.3 Å². The molecule has 0 unspecified atom stereocenters. The average Bonchev–Trinajstić information content (AvgIpc) is 2.31. The van der Waals surface area contributed by atoms with Gasteiger partial charge in [0.15, 0.2) is 5.75 Å². The largest absolute Gasteiger partial charge is 0.504 e. The second kappa shape index (κ2) is 5.11. The number of aromatic hydroxyl groups is 1. The minimum atomic E-state index is 0.0989. The highest BCUT2D eigenvalue weighted by atomic mass is 35.5. The molecule has 0 saturated heterocycles. The second-order valence-corrected chi connectivity index (χ2v) is 4.39. The van der Waals surface area contributed by atoms with E-state index in [4.69, 9.17) is 11.6 Å². The van der Waals surface area contributed by atoms with E-state index in [-0.39, 0.29) is 5.75 Å². The van der Waals surface area contributed by atoms with E-state index in [0.29, 0.717) is 17.3 Å². The van der Waals surface area contributed by atoms with Gasteiger partial charge in [0.1, 0.15) is 0 Å². The number of phenolic OH excluding ortho intramolecular Hbond substituents is 1. The zero-order chi connectivity index (χ0) is 12.3. The van der Waals surface area contributed by atoms with Crippen molar-refractivity contribution >= 4 is 17.3 Å². The van der Waals surface area contributed by atoms with Crippen LogP contribution in [0.15, 0.2) is 42.5 Å². The molecule has 0 aliphatic rings. The third-order valence-electron chi connectivity index (χ3n) is 2.55. The van der Waals surface area contributed by atoms with Gasteiger partial charge in [-0.05, 0) is 24.6 Å². The fourth-order valence-corrected chi connectivity index (χ4v) is 1.85. The van der Waals surface area contributed by atoms with E-state index in [1.54, 1.807) is 18.2 Å². The van der Waals surface area contributed by atoms with Crippen molar-refractivity contribution in [3.63, 3.8) is 0 Å². The number of aryl methyl sites for hydroxylation is 1. The van der Waals surface area contributed by atoms with Crippen LogP contribution in [0.2, 0.25) is 5.02 Å².